The van der Waals surface area contributed by atoms with E-state index in [4.69, 9.17) is 4.74 Å². The molecule has 2 aliphatic carbocycles. The van der Waals surface area contributed by atoms with Gasteiger partial charge in [-0.15, -0.1) is 0 Å². The van der Waals surface area contributed by atoms with Crippen molar-refractivity contribution < 1.29 is 4.74 Å². The molecular formula is C15H27BrO. The average Bonchev–Trinajstić information content (AvgIpc) is 2.42. The first-order valence-electron chi connectivity index (χ1n) is 7.44. The molecule has 0 aromatic heterocycles. The third-order valence-corrected chi connectivity index (χ3v) is 5.88. The Kier molecular flexibility index (Phi) is 5.82. The minimum absolute atomic E-state index is 0.562. The summed E-state index contributed by atoms with van der Waals surface area (Å²) in [6, 6.07) is 0. The Balaban J connectivity index is 1.85. The van der Waals surface area contributed by atoms with Gasteiger partial charge in [-0.1, -0.05) is 35.2 Å². The average molecular weight is 303 g/mol. The minimum Gasteiger partial charge on any atom is -0.381 e. The van der Waals surface area contributed by atoms with Crippen LogP contribution in [0, 0.1) is 17.8 Å². The van der Waals surface area contributed by atoms with Crippen LogP contribution in [0.25, 0.3) is 0 Å². The number of alkyl halides is 1. The molecule has 0 radical (unpaired) electrons. The van der Waals surface area contributed by atoms with Gasteiger partial charge in [-0.05, 0) is 56.3 Å². The zero-order chi connectivity index (χ0) is 12.1. The number of ether oxygens (including phenoxy) is 1. The third-order valence-electron chi connectivity index (χ3n) is 4.96. The van der Waals surface area contributed by atoms with E-state index in [1.54, 1.807) is 0 Å². The van der Waals surface area contributed by atoms with Gasteiger partial charge in [0.1, 0.15) is 0 Å². The molecule has 0 spiro atoms. The number of hydrogen-bond donors (Lipinski definition) is 0. The summed E-state index contributed by atoms with van der Waals surface area (Å²) in [4.78, 5) is 0. The Labute approximate surface area is 115 Å². The van der Waals surface area contributed by atoms with E-state index in [1.807, 2.05) is 7.11 Å². The van der Waals surface area contributed by atoms with Crippen LogP contribution in [0.4, 0.5) is 0 Å². The molecule has 2 rings (SSSR count). The van der Waals surface area contributed by atoms with Crippen molar-refractivity contribution in [1.82, 2.24) is 0 Å². The molecule has 0 aromatic carbocycles. The first kappa shape index (κ1) is 13.9. The Hall–Kier alpha value is 0.440. The summed E-state index contributed by atoms with van der Waals surface area (Å²) < 4.78 is 5.89. The quantitative estimate of drug-likeness (QED) is 0.679. The van der Waals surface area contributed by atoms with Crippen molar-refractivity contribution >= 4 is 15.9 Å². The molecule has 1 nitrogen and oxygen atoms in total. The SMILES string of the molecule is COC(C1CCCCC1)C1CCC(CBr)CC1. The molecule has 0 aliphatic heterocycles. The molecular weight excluding hydrogens is 276 g/mol. The van der Waals surface area contributed by atoms with Crippen LogP contribution in [-0.4, -0.2) is 18.5 Å². The number of halogens is 1. The molecule has 17 heavy (non-hydrogen) atoms. The smallest absolute Gasteiger partial charge is 0.0627 e. The molecule has 1 atom stereocenters. The molecule has 0 N–H and O–H groups in total. The predicted octanol–water partition coefficient (Wildman–Crippen LogP) is 4.78. The normalized spacial score (nSPS) is 33.5. The van der Waals surface area contributed by atoms with Gasteiger partial charge in [-0.25, -0.2) is 0 Å². The fraction of sp³-hybridized carbons (Fsp3) is 1.00. The van der Waals surface area contributed by atoms with Gasteiger partial charge >= 0.3 is 0 Å². The van der Waals surface area contributed by atoms with Crippen LogP contribution in [0.1, 0.15) is 57.8 Å². The van der Waals surface area contributed by atoms with Gasteiger partial charge in [0.15, 0.2) is 0 Å². The maximum atomic E-state index is 5.89. The fourth-order valence-electron chi connectivity index (χ4n) is 3.90. The van der Waals surface area contributed by atoms with Gasteiger partial charge in [-0.2, -0.15) is 0 Å². The van der Waals surface area contributed by atoms with Gasteiger partial charge in [0.05, 0.1) is 6.10 Å². The van der Waals surface area contributed by atoms with Crippen molar-refractivity contribution in [3.05, 3.63) is 0 Å². The minimum atomic E-state index is 0.562. The van der Waals surface area contributed by atoms with Crippen molar-refractivity contribution in [3.8, 4) is 0 Å². The topological polar surface area (TPSA) is 9.23 Å². The highest BCUT2D eigenvalue weighted by Gasteiger charge is 2.33. The zero-order valence-electron chi connectivity index (χ0n) is 11.2. The molecule has 2 fully saturated rings. The van der Waals surface area contributed by atoms with E-state index in [0.29, 0.717) is 6.10 Å². The van der Waals surface area contributed by atoms with Gasteiger partial charge in [0.25, 0.3) is 0 Å². The monoisotopic (exact) mass is 302 g/mol. The summed E-state index contributed by atoms with van der Waals surface area (Å²) in [5, 5.41) is 1.20. The maximum Gasteiger partial charge on any atom is 0.0627 e. The Morgan fingerprint density at radius 2 is 1.53 bits per heavy atom. The molecule has 2 aliphatic rings. The van der Waals surface area contributed by atoms with Crippen LogP contribution in [0.3, 0.4) is 0 Å². The summed E-state index contributed by atoms with van der Waals surface area (Å²) in [6.07, 6.45) is 13.3. The lowest BCUT2D eigenvalue weighted by atomic mass is 9.73. The molecule has 100 valence electrons. The summed E-state index contributed by atoms with van der Waals surface area (Å²) in [7, 11) is 1.94. The van der Waals surface area contributed by atoms with Crippen LogP contribution >= 0.6 is 15.9 Å². The van der Waals surface area contributed by atoms with Crippen LogP contribution < -0.4 is 0 Å². The summed E-state index contributed by atoms with van der Waals surface area (Å²) in [6.45, 7) is 0. The molecule has 2 heteroatoms. The fourth-order valence-corrected chi connectivity index (χ4v) is 4.55. The van der Waals surface area contributed by atoms with Crippen molar-refractivity contribution in [3.63, 3.8) is 0 Å². The second-order valence-corrected chi connectivity index (χ2v) is 6.68. The molecule has 0 bridgehead atoms. The highest BCUT2D eigenvalue weighted by molar-refractivity contribution is 9.09. The number of methoxy groups -OCH3 is 1. The summed E-state index contributed by atoms with van der Waals surface area (Å²) in [5.41, 5.74) is 0. The van der Waals surface area contributed by atoms with E-state index in [0.717, 1.165) is 17.8 Å². The van der Waals surface area contributed by atoms with E-state index < -0.39 is 0 Å². The van der Waals surface area contributed by atoms with Crippen molar-refractivity contribution in [2.75, 3.05) is 12.4 Å². The van der Waals surface area contributed by atoms with Gasteiger partial charge in [0, 0.05) is 12.4 Å². The predicted molar refractivity (Wildman–Crippen MR) is 76.6 cm³/mol. The molecule has 0 aromatic rings. The zero-order valence-corrected chi connectivity index (χ0v) is 12.8. The Morgan fingerprint density at radius 1 is 0.941 bits per heavy atom. The standard InChI is InChI=1S/C15H27BrO/c1-17-15(13-5-3-2-4-6-13)14-9-7-12(11-16)8-10-14/h12-15H,2-11H2,1H3. The van der Waals surface area contributed by atoms with Crippen molar-refractivity contribution in [1.29, 1.82) is 0 Å². The third kappa shape index (κ3) is 3.70. The molecule has 2 saturated carbocycles. The van der Waals surface area contributed by atoms with Gasteiger partial charge in [0.2, 0.25) is 0 Å². The van der Waals surface area contributed by atoms with Crippen molar-refractivity contribution in [2.45, 2.75) is 63.9 Å². The Morgan fingerprint density at radius 3 is 2.06 bits per heavy atom. The first-order valence-corrected chi connectivity index (χ1v) is 8.56. The van der Waals surface area contributed by atoms with E-state index >= 15 is 0 Å². The molecule has 0 amide bonds. The van der Waals surface area contributed by atoms with E-state index in [1.165, 1.54) is 63.1 Å². The maximum absolute atomic E-state index is 5.89. The number of hydrogen-bond acceptors (Lipinski definition) is 1. The van der Waals surface area contributed by atoms with Crippen LogP contribution in [0.2, 0.25) is 0 Å². The van der Waals surface area contributed by atoms with Gasteiger partial charge < -0.3 is 4.74 Å². The van der Waals surface area contributed by atoms with Crippen LogP contribution in [0.5, 0.6) is 0 Å². The number of rotatable bonds is 4. The summed E-state index contributed by atoms with van der Waals surface area (Å²) >= 11 is 3.63. The lowest BCUT2D eigenvalue weighted by Crippen LogP contribution is -2.35. The molecule has 0 saturated heterocycles. The van der Waals surface area contributed by atoms with E-state index in [9.17, 15) is 0 Å². The summed E-state index contributed by atoms with van der Waals surface area (Å²) in [5.74, 6) is 2.63. The first-order chi connectivity index (χ1) is 8.35. The van der Waals surface area contributed by atoms with Crippen LogP contribution in [-0.2, 0) is 4.74 Å². The van der Waals surface area contributed by atoms with Crippen molar-refractivity contribution in [2.24, 2.45) is 17.8 Å². The van der Waals surface area contributed by atoms with Gasteiger partial charge in [-0.3, -0.25) is 0 Å². The largest absolute Gasteiger partial charge is 0.381 e. The second-order valence-electron chi connectivity index (χ2n) is 6.03. The van der Waals surface area contributed by atoms with Crippen LogP contribution in [0.15, 0.2) is 0 Å². The highest BCUT2D eigenvalue weighted by Crippen LogP contribution is 2.38. The molecule has 1 unspecified atom stereocenters. The highest BCUT2D eigenvalue weighted by atomic mass is 79.9. The van der Waals surface area contributed by atoms with E-state index in [2.05, 4.69) is 15.9 Å². The Bertz CT molecular complexity index is 205. The van der Waals surface area contributed by atoms with E-state index in [-0.39, 0.29) is 0 Å². The lowest BCUT2D eigenvalue weighted by molar-refractivity contribution is -0.0217. The second kappa shape index (κ2) is 7.13. The lowest BCUT2D eigenvalue weighted by Gasteiger charge is -2.38. The molecule has 0 heterocycles.